The summed E-state index contributed by atoms with van der Waals surface area (Å²) in [5.41, 5.74) is 0.913. The van der Waals surface area contributed by atoms with E-state index in [0.29, 0.717) is 16.5 Å². The number of nitrogens with zero attached hydrogens (tertiary/aromatic N) is 2. The first-order chi connectivity index (χ1) is 10.0. The lowest BCUT2D eigenvalue weighted by Gasteiger charge is -2.19. The van der Waals surface area contributed by atoms with E-state index in [-0.39, 0.29) is 11.7 Å². The lowest BCUT2D eigenvalue weighted by Crippen LogP contribution is -2.35. The molecular formula is C15H13ClN2O3. The third-order valence-corrected chi connectivity index (χ3v) is 3.07. The van der Waals surface area contributed by atoms with Gasteiger partial charge in [0.25, 0.3) is 5.91 Å². The highest BCUT2D eigenvalue weighted by Crippen LogP contribution is 2.22. The molecule has 1 N–H and O–H groups in total. The van der Waals surface area contributed by atoms with Gasteiger partial charge < -0.3 is 10.0 Å². The molecule has 0 radical (unpaired) electrons. The lowest BCUT2D eigenvalue weighted by molar-refractivity contribution is -0.137. The number of amides is 1. The number of pyridine rings is 1. The Morgan fingerprint density at radius 2 is 2.10 bits per heavy atom. The minimum Gasteiger partial charge on any atom is -0.480 e. The van der Waals surface area contributed by atoms with Gasteiger partial charge in [-0.2, -0.15) is 0 Å². The number of aliphatic carboxylic acids is 1. The van der Waals surface area contributed by atoms with Crippen LogP contribution in [0.4, 0.5) is 0 Å². The van der Waals surface area contributed by atoms with E-state index in [0.717, 1.165) is 0 Å². The van der Waals surface area contributed by atoms with Gasteiger partial charge in [0.15, 0.2) is 0 Å². The average molecular weight is 305 g/mol. The number of hydrogen-bond acceptors (Lipinski definition) is 3. The minimum atomic E-state index is -1.09. The molecule has 1 heterocycles. The van der Waals surface area contributed by atoms with Crippen LogP contribution in [-0.2, 0) is 4.79 Å². The van der Waals surface area contributed by atoms with Gasteiger partial charge in [0.05, 0.1) is 11.1 Å². The molecule has 0 saturated heterocycles. The Morgan fingerprint density at radius 3 is 2.76 bits per heavy atom. The maximum Gasteiger partial charge on any atom is 0.323 e. The van der Waals surface area contributed by atoms with E-state index < -0.39 is 18.4 Å². The molecule has 0 fully saturated rings. The van der Waals surface area contributed by atoms with E-state index in [2.05, 4.69) is 11.6 Å². The van der Waals surface area contributed by atoms with Crippen LogP contribution < -0.4 is 0 Å². The normalized spacial score (nSPS) is 10.3. The van der Waals surface area contributed by atoms with Crippen molar-refractivity contribution in [3.63, 3.8) is 0 Å². The Bertz CT molecular complexity index is 715. The topological polar surface area (TPSA) is 70.5 Å². The molecule has 0 aliphatic carbocycles. The highest BCUT2D eigenvalue weighted by Gasteiger charge is 2.20. The van der Waals surface area contributed by atoms with Gasteiger partial charge in [0, 0.05) is 11.9 Å². The van der Waals surface area contributed by atoms with Gasteiger partial charge in [0.1, 0.15) is 11.7 Å². The predicted octanol–water partition coefficient (Wildman–Crippen LogP) is 2.60. The van der Waals surface area contributed by atoms with Crippen molar-refractivity contribution in [3.8, 4) is 0 Å². The number of aromatic nitrogens is 1. The summed E-state index contributed by atoms with van der Waals surface area (Å²) in [5.74, 6) is -1.51. The van der Waals surface area contributed by atoms with Crippen LogP contribution in [0.1, 0.15) is 10.4 Å². The number of rotatable bonds is 5. The van der Waals surface area contributed by atoms with Crippen molar-refractivity contribution in [1.29, 1.82) is 0 Å². The van der Waals surface area contributed by atoms with Crippen molar-refractivity contribution < 1.29 is 14.7 Å². The SMILES string of the molecule is C=CCN(CC(=O)O)C(=O)c1cc(Cl)nc2ccccc12. The van der Waals surface area contributed by atoms with Crippen LogP contribution in [0, 0.1) is 0 Å². The summed E-state index contributed by atoms with van der Waals surface area (Å²) >= 11 is 5.94. The molecule has 0 aliphatic rings. The Balaban J connectivity index is 2.50. The first kappa shape index (κ1) is 15.0. The number of carboxylic acid groups (broad SMARTS) is 1. The van der Waals surface area contributed by atoms with E-state index in [1.807, 2.05) is 0 Å². The molecule has 21 heavy (non-hydrogen) atoms. The minimum absolute atomic E-state index is 0.138. The molecule has 0 spiro atoms. The van der Waals surface area contributed by atoms with Crippen molar-refractivity contribution in [1.82, 2.24) is 9.88 Å². The fourth-order valence-corrected chi connectivity index (χ4v) is 2.23. The molecule has 0 unspecified atom stereocenters. The summed E-state index contributed by atoms with van der Waals surface area (Å²) in [6.45, 7) is 3.27. The van der Waals surface area contributed by atoms with Crippen molar-refractivity contribution in [3.05, 3.63) is 53.7 Å². The summed E-state index contributed by atoms with van der Waals surface area (Å²) in [7, 11) is 0. The monoisotopic (exact) mass is 304 g/mol. The third-order valence-electron chi connectivity index (χ3n) is 2.88. The smallest absolute Gasteiger partial charge is 0.323 e. The van der Waals surface area contributed by atoms with Crippen LogP contribution in [0.25, 0.3) is 10.9 Å². The summed E-state index contributed by atoms with van der Waals surface area (Å²) < 4.78 is 0. The number of halogens is 1. The van der Waals surface area contributed by atoms with Crippen molar-refractivity contribution in [2.45, 2.75) is 0 Å². The maximum atomic E-state index is 12.6. The molecule has 1 amide bonds. The molecule has 0 bridgehead atoms. The molecule has 0 saturated carbocycles. The van der Waals surface area contributed by atoms with Gasteiger partial charge in [-0.3, -0.25) is 9.59 Å². The standard InChI is InChI=1S/C15H13ClN2O3/c1-2-7-18(9-14(19)20)15(21)11-8-13(16)17-12-6-4-3-5-10(11)12/h2-6,8H,1,7,9H2,(H,19,20). The Labute approximate surface area is 126 Å². The van der Waals surface area contributed by atoms with Crippen molar-refractivity contribution >= 4 is 34.4 Å². The first-order valence-electron chi connectivity index (χ1n) is 6.20. The number of carboxylic acids is 1. The van der Waals surface area contributed by atoms with Gasteiger partial charge in [-0.25, -0.2) is 4.98 Å². The quantitative estimate of drug-likeness (QED) is 0.681. The lowest BCUT2D eigenvalue weighted by atomic mass is 10.1. The second kappa shape index (κ2) is 6.37. The summed E-state index contributed by atoms with van der Waals surface area (Å²) in [6, 6.07) is 8.51. The zero-order chi connectivity index (χ0) is 15.4. The van der Waals surface area contributed by atoms with Gasteiger partial charge in [-0.05, 0) is 12.1 Å². The average Bonchev–Trinajstić information content (AvgIpc) is 2.44. The Hall–Kier alpha value is -2.40. The molecule has 1 aromatic heterocycles. The summed E-state index contributed by atoms with van der Waals surface area (Å²) in [6.07, 6.45) is 1.48. The van der Waals surface area contributed by atoms with Gasteiger partial charge in [-0.15, -0.1) is 6.58 Å². The van der Waals surface area contributed by atoms with E-state index in [1.165, 1.54) is 17.0 Å². The van der Waals surface area contributed by atoms with Gasteiger partial charge in [-0.1, -0.05) is 35.9 Å². The van der Waals surface area contributed by atoms with E-state index in [9.17, 15) is 9.59 Å². The number of carbonyl (C=O) groups excluding carboxylic acids is 1. The molecule has 2 aromatic rings. The molecule has 0 aliphatic heterocycles. The summed E-state index contributed by atoms with van der Waals surface area (Å²) in [5, 5.41) is 9.72. The van der Waals surface area contributed by atoms with Crippen LogP contribution in [-0.4, -0.2) is 40.0 Å². The number of para-hydroxylation sites is 1. The highest BCUT2D eigenvalue weighted by atomic mass is 35.5. The fraction of sp³-hybridized carbons (Fsp3) is 0.133. The third kappa shape index (κ3) is 3.38. The van der Waals surface area contributed by atoms with Crippen LogP contribution in [0.2, 0.25) is 5.15 Å². The molecule has 0 atom stereocenters. The number of carbonyl (C=O) groups is 2. The molecular weight excluding hydrogens is 292 g/mol. The molecule has 1 aromatic carbocycles. The van der Waals surface area contributed by atoms with E-state index >= 15 is 0 Å². The van der Waals surface area contributed by atoms with E-state index in [4.69, 9.17) is 16.7 Å². The molecule has 2 rings (SSSR count). The van der Waals surface area contributed by atoms with Crippen LogP contribution in [0.3, 0.4) is 0 Å². The molecule has 108 valence electrons. The number of benzene rings is 1. The van der Waals surface area contributed by atoms with Crippen LogP contribution >= 0.6 is 11.6 Å². The highest BCUT2D eigenvalue weighted by molar-refractivity contribution is 6.30. The van der Waals surface area contributed by atoms with Crippen LogP contribution in [0.5, 0.6) is 0 Å². The molecule has 5 nitrogen and oxygen atoms in total. The van der Waals surface area contributed by atoms with Gasteiger partial charge in [0.2, 0.25) is 0 Å². The maximum absolute atomic E-state index is 12.6. The second-order valence-electron chi connectivity index (χ2n) is 4.38. The Morgan fingerprint density at radius 1 is 1.38 bits per heavy atom. The Kier molecular flexibility index (Phi) is 4.55. The van der Waals surface area contributed by atoms with Crippen molar-refractivity contribution in [2.75, 3.05) is 13.1 Å². The summed E-state index contributed by atoms with van der Waals surface area (Å²) in [4.78, 5) is 28.8. The zero-order valence-electron chi connectivity index (χ0n) is 11.1. The number of fused-ring (bicyclic) bond motifs is 1. The van der Waals surface area contributed by atoms with Gasteiger partial charge >= 0.3 is 5.97 Å². The fourth-order valence-electron chi connectivity index (χ4n) is 2.03. The second-order valence-corrected chi connectivity index (χ2v) is 4.77. The zero-order valence-corrected chi connectivity index (χ0v) is 11.9. The predicted molar refractivity (Wildman–Crippen MR) is 80.5 cm³/mol. The van der Waals surface area contributed by atoms with Crippen molar-refractivity contribution in [2.24, 2.45) is 0 Å². The first-order valence-corrected chi connectivity index (χ1v) is 6.58. The van der Waals surface area contributed by atoms with Crippen LogP contribution in [0.15, 0.2) is 43.0 Å². The molecule has 6 heteroatoms. The number of hydrogen-bond donors (Lipinski definition) is 1. The largest absolute Gasteiger partial charge is 0.480 e. The van der Waals surface area contributed by atoms with E-state index in [1.54, 1.807) is 24.3 Å².